The van der Waals surface area contributed by atoms with Gasteiger partial charge < -0.3 is 10.1 Å². The van der Waals surface area contributed by atoms with E-state index in [-0.39, 0.29) is 5.41 Å². The first-order valence-electron chi connectivity index (χ1n) is 8.73. The second kappa shape index (κ2) is 9.55. The minimum atomic E-state index is 0.121. The highest BCUT2D eigenvalue weighted by Crippen LogP contribution is 2.23. The number of thiazole rings is 1. The Hall–Kier alpha value is -1.90. The summed E-state index contributed by atoms with van der Waals surface area (Å²) in [4.78, 5) is 4.72. The zero-order valence-corrected chi connectivity index (χ0v) is 16.2. The van der Waals surface area contributed by atoms with Crippen molar-refractivity contribution in [2.24, 2.45) is 0 Å². The fraction of sp³-hybridized carbons (Fsp3) is 0.500. The smallest absolute Gasteiger partial charge is 0.119 e. The number of benzene rings is 1. The average Bonchev–Trinajstić information content (AvgIpc) is 3.05. The molecule has 134 valence electrons. The summed E-state index contributed by atoms with van der Waals surface area (Å²) in [6, 6.07) is 10.2. The van der Waals surface area contributed by atoms with Gasteiger partial charge in [-0.1, -0.05) is 32.9 Å². The van der Waals surface area contributed by atoms with E-state index in [1.807, 2.05) is 12.1 Å². The van der Waals surface area contributed by atoms with E-state index in [2.05, 4.69) is 49.7 Å². The second-order valence-corrected chi connectivity index (χ2v) is 8.00. The minimum Gasteiger partial charge on any atom is -0.494 e. The van der Waals surface area contributed by atoms with Crippen LogP contribution in [0.1, 0.15) is 49.9 Å². The van der Waals surface area contributed by atoms with Crippen molar-refractivity contribution in [2.75, 3.05) is 13.2 Å². The fourth-order valence-corrected chi connectivity index (χ4v) is 3.31. The van der Waals surface area contributed by atoms with Gasteiger partial charge in [-0.3, -0.25) is 0 Å². The normalized spacial score (nSPS) is 11.3. The topological polar surface area (TPSA) is 57.9 Å². The largest absolute Gasteiger partial charge is 0.494 e. The molecule has 1 aromatic heterocycles. The van der Waals surface area contributed by atoms with Crippen LogP contribution in [-0.2, 0) is 18.4 Å². The Kier molecular flexibility index (Phi) is 7.42. The number of nitriles is 1. The number of ether oxygens (including phenoxy) is 1. The third-order valence-electron chi connectivity index (χ3n) is 3.77. The van der Waals surface area contributed by atoms with Gasteiger partial charge in [0.25, 0.3) is 0 Å². The van der Waals surface area contributed by atoms with E-state index in [1.165, 1.54) is 16.3 Å². The molecule has 0 saturated carbocycles. The molecule has 0 bridgehead atoms. The van der Waals surface area contributed by atoms with Gasteiger partial charge in [-0.15, -0.1) is 11.3 Å². The number of rotatable bonds is 9. The number of nitrogens with zero attached hydrogens (tertiary/aromatic N) is 2. The molecule has 1 aromatic carbocycles. The van der Waals surface area contributed by atoms with Crippen LogP contribution < -0.4 is 10.1 Å². The van der Waals surface area contributed by atoms with Gasteiger partial charge in [0.05, 0.1) is 23.4 Å². The van der Waals surface area contributed by atoms with Crippen LogP contribution in [0.3, 0.4) is 0 Å². The maximum absolute atomic E-state index is 8.53. The van der Waals surface area contributed by atoms with Gasteiger partial charge in [0, 0.05) is 36.7 Å². The van der Waals surface area contributed by atoms with Crippen molar-refractivity contribution in [3.8, 4) is 11.8 Å². The second-order valence-electron chi connectivity index (χ2n) is 7.06. The molecule has 0 spiro atoms. The third kappa shape index (κ3) is 6.85. The number of nitrogens with one attached hydrogen (secondary N) is 1. The molecule has 4 nitrogen and oxygen atoms in total. The van der Waals surface area contributed by atoms with Crippen LogP contribution in [0.25, 0.3) is 0 Å². The lowest BCUT2D eigenvalue weighted by molar-refractivity contribution is 0.312. The molecule has 0 aliphatic carbocycles. The molecule has 0 amide bonds. The van der Waals surface area contributed by atoms with E-state index in [0.29, 0.717) is 13.0 Å². The predicted molar refractivity (Wildman–Crippen MR) is 103 cm³/mol. The van der Waals surface area contributed by atoms with Crippen molar-refractivity contribution in [3.63, 3.8) is 0 Å². The lowest BCUT2D eigenvalue weighted by atomic mass is 9.93. The van der Waals surface area contributed by atoms with Crippen molar-refractivity contribution in [2.45, 2.75) is 52.0 Å². The summed E-state index contributed by atoms with van der Waals surface area (Å²) in [5.74, 6) is 0.868. The lowest BCUT2D eigenvalue weighted by Gasteiger charge is -2.14. The first-order valence-corrected chi connectivity index (χ1v) is 9.61. The quantitative estimate of drug-likeness (QED) is 0.673. The Labute approximate surface area is 154 Å². The van der Waals surface area contributed by atoms with Crippen LogP contribution in [-0.4, -0.2) is 18.1 Å². The van der Waals surface area contributed by atoms with E-state index in [1.54, 1.807) is 11.3 Å². The third-order valence-corrected chi connectivity index (χ3v) is 4.67. The first-order chi connectivity index (χ1) is 12.0. The molecular weight excluding hydrogens is 330 g/mol. The summed E-state index contributed by atoms with van der Waals surface area (Å²) in [7, 11) is 0. The Balaban J connectivity index is 1.73. The molecule has 1 N–H and O–H groups in total. The van der Waals surface area contributed by atoms with Crippen molar-refractivity contribution in [1.82, 2.24) is 10.3 Å². The number of hydrogen-bond donors (Lipinski definition) is 1. The maximum Gasteiger partial charge on any atom is 0.119 e. The van der Waals surface area contributed by atoms with Gasteiger partial charge in [0.15, 0.2) is 0 Å². The van der Waals surface area contributed by atoms with Gasteiger partial charge in [0.1, 0.15) is 5.75 Å². The summed E-state index contributed by atoms with van der Waals surface area (Å²) in [6.45, 7) is 8.89. The summed E-state index contributed by atoms with van der Waals surface area (Å²) < 4.78 is 5.67. The van der Waals surface area contributed by atoms with Crippen LogP contribution >= 0.6 is 11.3 Å². The zero-order valence-electron chi connectivity index (χ0n) is 15.3. The first kappa shape index (κ1) is 19.4. The van der Waals surface area contributed by atoms with Gasteiger partial charge in [0.2, 0.25) is 0 Å². The zero-order chi connectivity index (χ0) is 18.1. The molecule has 5 heteroatoms. The van der Waals surface area contributed by atoms with Crippen LogP contribution in [0.15, 0.2) is 29.6 Å². The Morgan fingerprint density at radius 3 is 2.88 bits per heavy atom. The molecule has 0 radical (unpaired) electrons. The van der Waals surface area contributed by atoms with Gasteiger partial charge in [-0.2, -0.15) is 5.26 Å². The van der Waals surface area contributed by atoms with Gasteiger partial charge in [-0.25, -0.2) is 4.98 Å². The van der Waals surface area contributed by atoms with Crippen molar-refractivity contribution >= 4 is 11.3 Å². The molecule has 0 unspecified atom stereocenters. The fourth-order valence-electron chi connectivity index (χ4n) is 2.28. The monoisotopic (exact) mass is 357 g/mol. The van der Waals surface area contributed by atoms with Gasteiger partial charge >= 0.3 is 0 Å². The highest BCUT2D eigenvalue weighted by molar-refractivity contribution is 7.09. The molecule has 0 atom stereocenters. The Morgan fingerprint density at radius 1 is 1.32 bits per heavy atom. The standard InChI is InChI=1S/C20H27N3OS/c1-20(2,3)18-15-25-19(23-18)9-11-22-14-16-7-6-8-17(13-16)24-12-5-4-10-21/h6-8,13,15,22H,4-5,9,11-12,14H2,1-3H3. The maximum atomic E-state index is 8.53. The summed E-state index contributed by atoms with van der Waals surface area (Å²) in [5, 5.41) is 15.4. The predicted octanol–water partition coefficient (Wildman–Crippen LogP) is 4.46. The van der Waals surface area contributed by atoms with E-state index in [4.69, 9.17) is 15.0 Å². The summed E-state index contributed by atoms with van der Waals surface area (Å²) in [5.41, 5.74) is 2.50. The molecule has 0 aliphatic rings. The van der Waals surface area contributed by atoms with E-state index >= 15 is 0 Å². The number of aromatic nitrogens is 1. The molecule has 1 heterocycles. The highest BCUT2D eigenvalue weighted by atomic mass is 32.1. The average molecular weight is 358 g/mol. The molecule has 2 aromatic rings. The van der Waals surface area contributed by atoms with E-state index < -0.39 is 0 Å². The van der Waals surface area contributed by atoms with Crippen molar-refractivity contribution < 1.29 is 4.74 Å². The molecule has 0 aliphatic heterocycles. The number of unbranched alkanes of at least 4 members (excludes halogenated alkanes) is 1. The van der Waals surface area contributed by atoms with E-state index in [0.717, 1.165) is 31.7 Å². The SMILES string of the molecule is CC(C)(C)c1csc(CCNCc2cccc(OCCCC#N)c2)n1. The minimum absolute atomic E-state index is 0.121. The number of hydrogen-bond acceptors (Lipinski definition) is 5. The van der Waals surface area contributed by atoms with Crippen LogP contribution in [0, 0.1) is 11.3 Å². The highest BCUT2D eigenvalue weighted by Gasteiger charge is 2.17. The lowest BCUT2D eigenvalue weighted by Crippen LogP contribution is -2.17. The molecule has 2 rings (SSSR count). The van der Waals surface area contributed by atoms with Crippen LogP contribution in [0.5, 0.6) is 5.75 Å². The molecule has 25 heavy (non-hydrogen) atoms. The summed E-state index contributed by atoms with van der Waals surface area (Å²) in [6.07, 6.45) is 2.25. The Morgan fingerprint density at radius 2 is 2.16 bits per heavy atom. The van der Waals surface area contributed by atoms with Crippen molar-refractivity contribution in [3.05, 3.63) is 45.9 Å². The van der Waals surface area contributed by atoms with Crippen LogP contribution in [0.4, 0.5) is 0 Å². The molecule has 0 fully saturated rings. The van der Waals surface area contributed by atoms with E-state index in [9.17, 15) is 0 Å². The Bertz CT molecular complexity index is 697. The van der Waals surface area contributed by atoms with Gasteiger partial charge in [-0.05, 0) is 24.1 Å². The summed E-state index contributed by atoms with van der Waals surface area (Å²) >= 11 is 1.74. The molecule has 0 saturated heterocycles. The molecular formula is C20H27N3OS. The van der Waals surface area contributed by atoms with Crippen LogP contribution in [0.2, 0.25) is 0 Å². The van der Waals surface area contributed by atoms with Crippen molar-refractivity contribution in [1.29, 1.82) is 5.26 Å².